The SMILES string of the molecule is CC1CN(S(=O)(=O)N2CCCC2)C(C)CN1.Cl. The number of hydrogen-bond donors (Lipinski definition) is 1. The minimum atomic E-state index is -3.22. The van der Waals surface area contributed by atoms with Crippen LogP contribution in [0.25, 0.3) is 0 Å². The van der Waals surface area contributed by atoms with E-state index in [9.17, 15) is 8.42 Å². The molecule has 2 fully saturated rings. The molecule has 2 aliphatic rings. The van der Waals surface area contributed by atoms with Crippen LogP contribution in [0.2, 0.25) is 0 Å². The molecule has 17 heavy (non-hydrogen) atoms. The first kappa shape index (κ1) is 15.2. The fourth-order valence-electron chi connectivity index (χ4n) is 2.38. The van der Waals surface area contributed by atoms with Crippen LogP contribution in [0, 0.1) is 0 Å². The summed E-state index contributed by atoms with van der Waals surface area (Å²) in [4.78, 5) is 0. The van der Waals surface area contributed by atoms with Crippen molar-refractivity contribution in [1.29, 1.82) is 0 Å². The molecule has 0 spiro atoms. The molecule has 0 radical (unpaired) electrons. The van der Waals surface area contributed by atoms with Gasteiger partial charge in [-0.1, -0.05) is 0 Å². The maximum absolute atomic E-state index is 12.4. The highest BCUT2D eigenvalue weighted by molar-refractivity contribution is 7.86. The Labute approximate surface area is 110 Å². The number of hydrogen-bond acceptors (Lipinski definition) is 3. The summed E-state index contributed by atoms with van der Waals surface area (Å²) >= 11 is 0. The molecule has 0 aliphatic carbocycles. The van der Waals surface area contributed by atoms with E-state index in [2.05, 4.69) is 5.32 Å². The first-order valence-electron chi connectivity index (χ1n) is 6.02. The number of halogens is 1. The smallest absolute Gasteiger partial charge is 0.282 e. The van der Waals surface area contributed by atoms with Gasteiger partial charge in [0.15, 0.2) is 0 Å². The Morgan fingerprint density at radius 3 is 2.35 bits per heavy atom. The van der Waals surface area contributed by atoms with Crippen molar-refractivity contribution in [2.45, 2.75) is 38.8 Å². The van der Waals surface area contributed by atoms with Gasteiger partial charge in [-0.05, 0) is 26.7 Å². The Hall–Kier alpha value is 0.120. The summed E-state index contributed by atoms with van der Waals surface area (Å²) in [5.41, 5.74) is 0. The minimum Gasteiger partial charge on any atom is -0.311 e. The van der Waals surface area contributed by atoms with Crippen LogP contribution in [0.3, 0.4) is 0 Å². The maximum Gasteiger partial charge on any atom is 0.282 e. The Morgan fingerprint density at radius 1 is 1.18 bits per heavy atom. The zero-order valence-electron chi connectivity index (χ0n) is 10.4. The van der Waals surface area contributed by atoms with Crippen LogP contribution in [0.1, 0.15) is 26.7 Å². The third kappa shape index (κ3) is 3.12. The van der Waals surface area contributed by atoms with Gasteiger partial charge in [0.1, 0.15) is 0 Å². The van der Waals surface area contributed by atoms with Crippen molar-refractivity contribution >= 4 is 22.6 Å². The highest BCUT2D eigenvalue weighted by atomic mass is 35.5. The lowest BCUT2D eigenvalue weighted by atomic mass is 10.2. The van der Waals surface area contributed by atoms with Gasteiger partial charge >= 0.3 is 0 Å². The molecule has 0 aromatic rings. The predicted molar refractivity (Wildman–Crippen MR) is 70.6 cm³/mol. The van der Waals surface area contributed by atoms with Crippen LogP contribution in [-0.4, -0.2) is 55.3 Å². The van der Waals surface area contributed by atoms with Crippen LogP contribution < -0.4 is 5.32 Å². The molecule has 102 valence electrons. The molecule has 2 heterocycles. The Bertz CT molecular complexity index is 343. The van der Waals surface area contributed by atoms with E-state index < -0.39 is 10.2 Å². The van der Waals surface area contributed by atoms with Crippen molar-refractivity contribution in [1.82, 2.24) is 13.9 Å². The fraction of sp³-hybridized carbons (Fsp3) is 1.00. The average molecular weight is 284 g/mol. The number of rotatable bonds is 2. The molecule has 1 N–H and O–H groups in total. The fourth-order valence-corrected chi connectivity index (χ4v) is 4.33. The topological polar surface area (TPSA) is 52.7 Å². The quantitative estimate of drug-likeness (QED) is 0.800. The lowest BCUT2D eigenvalue weighted by Gasteiger charge is -2.38. The molecule has 0 aromatic heterocycles. The third-order valence-corrected chi connectivity index (χ3v) is 5.51. The van der Waals surface area contributed by atoms with Gasteiger partial charge in [0.2, 0.25) is 0 Å². The van der Waals surface area contributed by atoms with Gasteiger partial charge < -0.3 is 5.32 Å². The van der Waals surface area contributed by atoms with E-state index >= 15 is 0 Å². The van der Waals surface area contributed by atoms with Crippen molar-refractivity contribution in [2.24, 2.45) is 0 Å². The molecule has 0 bridgehead atoms. The highest BCUT2D eigenvalue weighted by Crippen LogP contribution is 2.20. The lowest BCUT2D eigenvalue weighted by Crippen LogP contribution is -2.58. The highest BCUT2D eigenvalue weighted by Gasteiger charge is 2.37. The summed E-state index contributed by atoms with van der Waals surface area (Å²) in [7, 11) is -3.22. The van der Waals surface area contributed by atoms with E-state index in [0.29, 0.717) is 19.6 Å². The molecule has 2 unspecified atom stereocenters. The lowest BCUT2D eigenvalue weighted by molar-refractivity contribution is 0.230. The second-order valence-electron chi connectivity index (χ2n) is 4.84. The van der Waals surface area contributed by atoms with E-state index in [1.165, 1.54) is 0 Å². The van der Waals surface area contributed by atoms with Crippen LogP contribution in [-0.2, 0) is 10.2 Å². The molecular weight excluding hydrogens is 262 g/mol. The van der Waals surface area contributed by atoms with Gasteiger partial charge in [-0.2, -0.15) is 17.0 Å². The van der Waals surface area contributed by atoms with Crippen LogP contribution in [0.15, 0.2) is 0 Å². The van der Waals surface area contributed by atoms with E-state index in [-0.39, 0.29) is 24.5 Å². The molecule has 7 heteroatoms. The minimum absolute atomic E-state index is 0. The predicted octanol–water partition coefficient (Wildman–Crippen LogP) is 0.431. The normalized spacial score (nSPS) is 32.4. The standard InChI is InChI=1S/C10H21N3O2S.ClH/c1-9-8-13(10(2)7-11-9)16(14,15)12-5-3-4-6-12;/h9-11H,3-8H2,1-2H3;1H. The Kier molecular flexibility index (Phi) is 5.21. The van der Waals surface area contributed by atoms with Crippen molar-refractivity contribution < 1.29 is 8.42 Å². The largest absolute Gasteiger partial charge is 0.311 e. The maximum atomic E-state index is 12.4. The van der Waals surface area contributed by atoms with Gasteiger partial charge in [-0.3, -0.25) is 0 Å². The Balaban J connectivity index is 0.00000144. The van der Waals surface area contributed by atoms with Gasteiger partial charge in [-0.15, -0.1) is 12.4 Å². The Morgan fingerprint density at radius 2 is 1.76 bits per heavy atom. The molecule has 0 saturated carbocycles. The zero-order valence-corrected chi connectivity index (χ0v) is 12.1. The second kappa shape index (κ2) is 5.84. The third-order valence-electron chi connectivity index (χ3n) is 3.39. The van der Waals surface area contributed by atoms with Gasteiger partial charge in [0.25, 0.3) is 10.2 Å². The summed E-state index contributed by atoms with van der Waals surface area (Å²) in [5.74, 6) is 0. The summed E-state index contributed by atoms with van der Waals surface area (Å²) in [6, 6.07) is 0.301. The van der Waals surface area contributed by atoms with Crippen molar-refractivity contribution in [3.05, 3.63) is 0 Å². The zero-order chi connectivity index (χ0) is 11.8. The molecular formula is C10H22ClN3O2S. The summed E-state index contributed by atoms with van der Waals surface area (Å²) in [6.07, 6.45) is 1.99. The van der Waals surface area contributed by atoms with Crippen molar-refractivity contribution in [2.75, 3.05) is 26.2 Å². The summed E-state index contributed by atoms with van der Waals surface area (Å²) in [6.45, 7) is 6.69. The first-order valence-corrected chi connectivity index (χ1v) is 7.42. The number of nitrogens with one attached hydrogen (secondary N) is 1. The van der Waals surface area contributed by atoms with Crippen LogP contribution in [0.5, 0.6) is 0 Å². The molecule has 5 nitrogen and oxygen atoms in total. The van der Waals surface area contributed by atoms with Gasteiger partial charge in [0, 0.05) is 38.3 Å². The molecule has 2 saturated heterocycles. The molecule has 0 aromatic carbocycles. The van der Waals surface area contributed by atoms with E-state index in [4.69, 9.17) is 0 Å². The van der Waals surface area contributed by atoms with Crippen molar-refractivity contribution in [3.63, 3.8) is 0 Å². The second-order valence-corrected chi connectivity index (χ2v) is 6.72. The van der Waals surface area contributed by atoms with E-state index in [1.54, 1.807) is 8.61 Å². The number of piperazine rings is 1. The molecule has 2 aliphatic heterocycles. The first-order chi connectivity index (χ1) is 7.51. The van der Waals surface area contributed by atoms with Crippen molar-refractivity contribution in [3.8, 4) is 0 Å². The summed E-state index contributed by atoms with van der Waals surface area (Å²) in [5, 5.41) is 3.30. The summed E-state index contributed by atoms with van der Waals surface area (Å²) < 4.78 is 28.0. The van der Waals surface area contributed by atoms with Gasteiger partial charge in [-0.25, -0.2) is 0 Å². The monoisotopic (exact) mass is 283 g/mol. The molecule has 2 rings (SSSR count). The average Bonchev–Trinajstić information content (AvgIpc) is 2.75. The van der Waals surface area contributed by atoms with Crippen LogP contribution in [0.4, 0.5) is 0 Å². The van der Waals surface area contributed by atoms with E-state index in [1.807, 2.05) is 13.8 Å². The molecule has 0 amide bonds. The van der Waals surface area contributed by atoms with Gasteiger partial charge in [0.05, 0.1) is 0 Å². The molecule has 2 atom stereocenters. The van der Waals surface area contributed by atoms with Crippen LogP contribution >= 0.6 is 12.4 Å². The number of nitrogens with zero attached hydrogens (tertiary/aromatic N) is 2. The van der Waals surface area contributed by atoms with E-state index in [0.717, 1.165) is 19.4 Å².